The summed E-state index contributed by atoms with van der Waals surface area (Å²) in [6, 6.07) is 11.0. The van der Waals surface area contributed by atoms with Gasteiger partial charge in [-0.3, -0.25) is 4.79 Å². The largest absolute Gasteiger partial charge is 0.497 e. The Balaban J connectivity index is 2.26. The highest BCUT2D eigenvalue weighted by Gasteiger charge is 2.20. The van der Waals surface area contributed by atoms with Gasteiger partial charge in [0.15, 0.2) is 0 Å². The van der Waals surface area contributed by atoms with Gasteiger partial charge in [-0.15, -0.1) is 0 Å². The van der Waals surface area contributed by atoms with Gasteiger partial charge in [0.1, 0.15) is 11.5 Å². The maximum atomic E-state index is 12.8. The summed E-state index contributed by atoms with van der Waals surface area (Å²) in [4.78, 5) is 11.7. The first-order valence-corrected chi connectivity index (χ1v) is 9.93. The van der Waals surface area contributed by atoms with Crippen molar-refractivity contribution >= 4 is 21.6 Å². The second-order valence-corrected chi connectivity index (χ2v) is 7.59. The molecule has 0 aliphatic carbocycles. The van der Waals surface area contributed by atoms with Crippen LogP contribution in [0.1, 0.15) is 31.9 Å². The van der Waals surface area contributed by atoms with Gasteiger partial charge in [-0.05, 0) is 42.8 Å². The van der Waals surface area contributed by atoms with Crippen LogP contribution in [0.15, 0.2) is 47.4 Å². The van der Waals surface area contributed by atoms with Crippen LogP contribution in [-0.2, 0) is 14.8 Å². The molecule has 0 saturated carbocycles. The van der Waals surface area contributed by atoms with Crippen LogP contribution in [0, 0.1) is 0 Å². The zero-order valence-corrected chi connectivity index (χ0v) is 16.6. The lowest BCUT2D eigenvalue weighted by Crippen LogP contribution is -2.27. The number of anilines is 1. The molecule has 2 aromatic carbocycles. The smallest absolute Gasteiger partial charge is 0.241 e. The molecule has 1 atom stereocenters. The van der Waals surface area contributed by atoms with E-state index in [-0.39, 0.29) is 17.2 Å². The number of methoxy groups -OCH3 is 2. The molecule has 2 rings (SSSR count). The Morgan fingerprint density at radius 1 is 1.07 bits per heavy atom. The Morgan fingerprint density at radius 2 is 1.74 bits per heavy atom. The van der Waals surface area contributed by atoms with Crippen molar-refractivity contribution in [3.63, 3.8) is 0 Å². The number of benzene rings is 2. The summed E-state index contributed by atoms with van der Waals surface area (Å²) >= 11 is 0. The molecule has 0 aromatic heterocycles. The minimum atomic E-state index is -3.80. The van der Waals surface area contributed by atoms with Crippen molar-refractivity contribution in [3.8, 4) is 11.5 Å². The van der Waals surface area contributed by atoms with Crippen molar-refractivity contribution in [2.75, 3.05) is 19.5 Å². The lowest BCUT2D eigenvalue weighted by Gasteiger charge is -2.16. The molecule has 1 amide bonds. The van der Waals surface area contributed by atoms with Gasteiger partial charge >= 0.3 is 0 Å². The number of hydrogen-bond acceptors (Lipinski definition) is 5. The average molecular weight is 392 g/mol. The summed E-state index contributed by atoms with van der Waals surface area (Å²) in [6.07, 6.45) is 0.271. The summed E-state index contributed by atoms with van der Waals surface area (Å²) in [5.41, 5.74) is 1.11. The van der Waals surface area contributed by atoms with Gasteiger partial charge in [-0.25, -0.2) is 13.1 Å². The van der Waals surface area contributed by atoms with Gasteiger partial charge in [-0.2, -0.15) is 0 Å². The third kappa shape index (κ3) is 5.21. The molecule has 0 aliphatic heterocycles. The van der Waals surface area contributed by atoms with E-state index in [1.807, 2.05) is 0 Å². The first kappa shape index (κ1) is 20.7. The van der Waals surface area contributed by atoms with Gasteiger partial charge in [0, 0.05) is 12.5 Å². The standard InChI is InChI=1S/C19H24N2O5S/c1-5-19(22)20-17-12-16(10-11-18(17)26-4)27(23,24)21-13(2)14-6-8-15(25-3)9-7-14/h6-13,21H,5H2,1-4H3,(H,20,22)/t13-/m1/s1. The van der Waals surface area contributed by atoms with Crippen LogP contribution >= 0.6 is 0 Å². The maximum Gasteiger partial charge on any atom is 0.241 e. The summed E-state index contributed by atoms with van der Waals surface area (Å²) in [7, 11) is -0.779. The highest BCUT2D eigenvalue weighted by Crippen LogP contribution is 2.28. The molecule has 0 unspecified atom stereocenters. The van der Waals surface area contributed by atoms with Crippen molar-refractivity contribution in [1.82, 2.24) is 4.72 Å². The minimum Gasteiger partial charge on any atom is -0.497 e. The second-order valence-electron chi connectivity index (χ2n) is 5.88. The fourth-order valence-electron chi connectivity index (χ4n) is 2.45. The molecule has 0 saturated heterocycles. The number of amides is 1. The SMILES string of the molecule is CCC(=O)Nc1cc(S(=O)(=O)N[C@H](C)c2ccc(OC)cc2)ccc1OC. The lowest BCUT2D eigenvalue weighted by atomic mass is 10.1. The molecule has 0 aliphatic rings. The molecule has 2 N–H and O–H groups in total. The Bertz CT molecular complexity index is 895. The number of ether oxygens (including phenoxy) is 2. The summed E-state index contributed by atoms with van der Waals surface area (Å²) < 4.78 is 38.4. The van der Waals surface area contributed by atoms with Crippen LogP contribution in [0.4, 0.5) is 5.69 Å². The third-order valence-electron chi connectivity index (χ3n) is 4.02. The van der Waals surface area contributed by atoms with Crippen LogP contribution in [-0.4, -0.2) is 28.5 Å². The van der Waals surface area contributed by atoms with Gasteiger partial charge < -0.3 is 14.8 Å². The van der Waals surface area contributed by atoms with Crippen molar-refractivity contribution in [2.45, 2.75) is 31.2 Å². The predicted octanol–water partition coefficient (Wildman–Crippen LogP) is 3.09. The molecule has 2 aromatic rings. The monoisotopic (exact) mass is 392 g/mol. The molecule has 0 bridgehead atoms. The van der Waals surface area contributed by atoms with Crippen LogP contribution in [0.2, 0.25) is 0 Å². The lowest BCUT2D eigenvalue weighted by molar-refractivity contribution is -0.115. The number of rotatable bonds is 8. The van der Waals surface area contributed by atoms with E-state index >= 15 is 0 Å². The van der Waals surface area contributed by atoms with E-state index in [4.69, 9.17) is 9.47 Å². The first-order valence-electron chi connectivity index (χ1n) is 8.45. The zero-order valence-electron chi connectivity index (χ0n) is 15.8. The fourth-order valence-corrected chi connectivity index (χ4v) is 3.71. The van der Waals surface area contributed by atoms with Gasteiger partial charge in [0.05, 0.1) is 24.8 Å². The number of sulfonamides is 1. The van der Waals surface area contributed by atoms with E-state index in [2.05, 4.69) is 10.0 Å². The topological polar surface area (TPSA) is 93.7 Å². The van der Waals surface area contributed by atoms with E-state index in [9.17, 15) is 13.2 Å². The van der Waals surface area contributed by atoms with Gasteiger partial charge in [0.2, 0.25) is 15.9 Å². The molecule has 8 heteroatoms. The minimum absolute atomic E-state index is 0.0371. The summed E-state index contributed by atoms with van der Waals surface area (Å²) in [5, 5.41) is 2.65. The van der Waals surface area contributed by atoms with Crippen LogP contribution in [0.5, 0.6) is 11.5 Å². The van der Waals surface area contributed by atoms with E-state index < -0.39 is 16.1 Å². The average Bonchev–Trinajstić information content (AvgIpc) is 2.67. The molecule has 27 heavy (non-hydrogen) atoms. The Hall–Kier alpha value is -2.58. The van der Waals surface area contributed by atoms with Crippen molar-refractivity contribution in [2.24, 2.45) is 0 Å². The molecule has 7 nitrogen and oxygen atoms in total. The number of nitrogens with one attached hydrogen (secondary N) is 2. The molecule has 0 fully saturated rings. The Labute approximate surface area is 159 Å². The predicted molar refractivity (Wildman–Crippen MR) is 104 cm³/mol. The van der Waals surface area contributed by atoms with E-state index in [0.29, 0.717) is 17.2 Å². The van der Waals surface area contributed by atoms with Gasteiger partial charge in [0.25, 0.3) is 0 Å². The normalized spacial score (nSPS) is 12.3. The summed E-state index contributed by atoms with van der Waals surface area (Å²) in [6.45, 7) is 3.46. The van der Waals surface area contributed by atoms with Crippen LogP contribution in [0.3, 0.4) is 0 Å². The highest BCUT2D eigenvalue weighted by molar-refractivity contribution is 7.89. The summed E-state index contributed by atoms with van der Waals surface area (Å²) in [5.74, 6) is 0.849. The van der Waals surface area contributed by atoms with E-state index in [0.717, 1.165) is 5.56 Å². The zero-order chi connectivity index (χ0) is 20.0. The van der Waals surface area contributed by atoms with Gasteiger partial charge in [-0.1, -0.05) is 19.1 Å². The molecular weight excluding hydrogens is 368 g/mol. The molecule has 0 heterocycles. The van der Waals surface area contributed by atoms with Crippen LogP contribution < -0.4 is 19.5 Å². The first-order chi connectivity index (χ1) is 12.8. The molecule has 146 valence electrons. The van der Waals surface area contributed by atoms with Crippen molar-refractivity contribution < 1.29 is 22.7 Å². The second kappa shape index (κ2) is 8.88. The molecule has 0 spiro atoms. The Kier molecular flexibility index (Phi) is 6.81. The Morgan fingerprint density at radius 3 is 2.30 bits per heavy atom. The van der Waals surface area contributed by atoms with Crippen LogP contribution in [0.25, 0.3) is 0 Å². The fraction of sp³-hybridized carbons (Fsp3) is 0.316. The van der Waals surface area contributed by atoms with E-state index in [1.54, 1.807) is 45.2 Å². The van der Waals surface area contributed by atoms with E-state index in [1.165, 1.54) is 25.3 Å². The number of carbonyl (C=O) groups is 1. The number of hydrogen-bond donors (Lipinski definition) is 2. The molecule has 0 radical (unpaired) electrons. The maximum absolute atomic E-state index is 12.8. The quantitative estimate of drug-likeness (QED) is 0.720. The highest BCUT2D eigenvalue weighted by atomic mass is 32.2. The van der Waals surface area contributed by atoms with Crippen molar-refractivity contribution in [1.29, 1.82) is 0 Å². The third-order valence-corrected chi connectivity index (χ3v) is 5.56. The van der Waals surface area contributed by atoms with Crippen molar-refractivity contribution in [3.05, 3.63) is 48.0 Å². The number of carbonyl (C=O) groups excluding carboxylic acids is 1. The molecular formula is C19H24N2O5S.